The zero-order valence-corrected chi connectivity index (χ0v) is 10.9. The number of pyridine rings is 1. The van der Waals surface area contributed by atoms with Crippen LogP contribution in [0.3, 0.4) is 0 Å². The molecule has 0 atom stereocenters. The van der Waals surface area contributed by atoms with Crippen molar-refractivity contribution < 1.29 is 5.11 Å². The maximum Gasteiger partial charge on any atom is 0.137 e. The van der Waals surface area contributed by atoms with Crippen molar-refractivity contribution in [1.29, 1.82) is 0 Å². The van der Waals surface area contributed by atoms with Crippen LogP contribution in [0.4, 0.5) is 5.82 Å². The molecule has 98 valence electrons. The fourth-order valence-corrected chi connectivity index (χ4v) is 2.47. The Balaban J connectivity index is 2.16. The summed E-state index contributed by atoms with van der Waals surface area (Å²) in [7, 11) is 0. The monoisotopic (exact) mass is 254 g/mol. The van der Waals surface area contributed by atoms with Gasteiger partial charge in [0.15, 0.2) is 0 Å². The summed E-state index contributed by atoms with van der Waals surface area (Å²) in [4.78, 5) is 6.93. The topological polar surface area (TPSA) is 36.4 Å². The quantitative estimate of drug-likeness (QED) is 0.833. The molecule has 2 aromatic rings. The summed E-state index contributed by atoms with van der Waals surface area (Å²) < 4.78 is 0. The second kappa shape index (κ2) is 5.02. The minimum atomic E-state index is -0.0234. The molecule has 0 spiro atoms. The summed E-state index contributed by atoms with van der Waals surface area (Å²) in [6.07, 6.45) is 4.35. The smallest absolute Gasteiger partial charge is 0.137 e. The summed E-state index contributed by atoms with van der Waals surface area (Å²) in [5, 5.41) is 11.7. The van der Waals surface area contributed by atoms with Crippen LogP contribution >= 0.6 is 0 Å². The van der Waals surface area contributed by atoms with Crippen molar-refractivity contribution in [3.05, 3.63) is 48.7 Å². The van der Waals surface area contributed by atoms with Gasteiger partial charge in [0.1, 0.15) is 5.82 Å². The van der Waals surface area contributed by atoms with Crippen LogP contribution in [0, 0.1) is 0 Å². The van der Waals surface area contributed by atoms with Crippen molar-refractivity contribution in [2.75, 3.05) is 11.4 Å². The van der Waals surface area contributed by atoms with Crippen LogP contribution in [0.1, 0.15) is 18.5 Å². The van der Waals surface area contributed by atoms with Crippen LogP contribution in [0.25, 0.3) is 10.8 Å². The summed E-state index contributed by atoms with van der Waals surface area (Å²) in [5.41, 5.74) is 0.725. The molecule has 1 aliphatic rings. The second-order valence-corrected chi connectivity index (χ2v) is 4.99. The Morgan fingerprint density at radius 1 is 1.37 bits per heavy atom. The standard InChI is InChI=1S/C16H18N2O/c1-2-9-18(14-7-8-14)16-15-6-4-3-5-12(15)10-13(11-19)17-16/h2-6,10,14,19H,1,7-9,11H2. The van der Waals surface area contributed by atoms with E-state index in [2.05, 4.69) is 28.6 Å². The lowest BCUT2D eigenvalue weighted by Crippen LogP contribution is -2.27. The van der Waals surface area contributed by atoms with E-state index in [1.807, 2.05) is 24.3 Å². The number of hydrogen-bond donors (Lipinski definition) is 1. The highest BCUT2D eigenvalue weighted by molar-refractivity contribution is 5.92. The lowest BCUT2D eigenvalue weighted by molar-refractivity contribution is 0.277. The Labute approximate surface area is 113 Å². The average molecular weight is 254 g/mol. The average Bonchev–Trinajstić information content (AvgIpc) is 3.28. The highest BCUT2D eigenvalue weighted by Crippen LogP contribution is 2.34. The van der Waals surface area contributed by atoms with Crippen LogP contribution in [-0.2, 0) is 6.61 Å². The molecule has 0 bridgehead atoms. The molecule has 3 heteroatoms. The molecule has 0 radical (unpaired) electrons. The van der Waals surface area contributed by atoms with Crippen molar-refractivity contribution in [3.8, 4) is 0 Å². The van der Waals surface area contributed by atoms with E-state index >= 15 is 0 Å². The molecule has 1 saturated carbocycles. The Bertz CT molecular complexity index is 605. The van der Waals surface area contributed by atoms with Crippen LogP contribution < -0.4 is 4.90 Å². The third-order valence-corrected chi connectivity index (χ3v) is 3.52. The van der Waals surface area contributed by atoms with Crippen molar-refractivity contribution in [2.24, 2.45) is 0 Å². The van der Waals surface area contributed by atoms with Gasteiger partial charge in [-0.1, -0.05) is 30.3 Å². The predicted molar refractivity (Wildman–Crippen MR) is 78.2 cm³/mol. The van der Waals surface area contributed by atoms with Gasteiger partial charge in [-0.15, -0.1) is 6.58 Å². The van der Waals surface area contributed by atoms with Crippen molar-refractivity contribution >= 4 is 16.6 Å². The number of hydrogen-bond acceptors (Lipinski definition) is 3. The van der Waals surface area contributed by atoms with Crippen molar-refractivity contribution in [2.45, 2.75) is 25.5 Å². The first-order valence-corrected chi connectivity index (χ1v) is 6.70. The lowest BCUT2D eigenvalue weighted by atomic mass is 10.1. The summed E-state index contributed by atoms with van der Waals surface area (Å²) >= 11 is 0. The van der Waals surface area contributed by atoms with E-state index in [0.717, 1.165) is 28.8 Å². The van der Waals surface area contributed by atoms with Crippen molar-refractivity contribution in [1.82, 2.24) is 4.98 Å². The number of rotatable bonds is 5. The van der Waals surface area contributed by atoms with Gasteiger partial charge < -0.3 is 10.0 Å². The molecule has 0 aliphatic heterocycles. The van der Waals surface area contributed by atoms with Gasteiger partial charge in [-0.2, -0.15) is 0 Å². The Morgan fingerprint density at radius 3 is 2.84 bits per heavy atom. The number of anilines is 1. The van der Waals surface area contributed by atoms with Crippen LogP contribution in [-0.4, -0.2) is 22.7 Å². The van der Waals surface area contributed by atoms with E-state index in [1.165, 1.54) is 12.8 Å². The third kappa shape index (κ3) is 2.34. The number of aliphatic hydroxyl groups excluding tert-OH is 1. The molecular weight excluding hydrogens is 236 g/mol. The molecule has 19 heavy (non-hydrogen) atoms. The molecule has 1 aromatic carbocycles. The molecule has 0 saturated heterocycles. The highest BCUT2D eigenvalue weighted by atomic mass is 16.3. The fourth-order valence-electron chi connectivity index (χ4n) is 2.47. The highest BCUT2D eigenvalue weighted by Gasteiger charge is 2.30. The van der Waals surface area contributed by atoms with Crippen LogP contribution in [0.15, 0.2) is 43.0 Å². The van der Waals surface area contributed by atoms with E-state index in [4.69, 9.17) is 0 Å². The normalized spacial score (nSPS) is 14.6. The Hall–Kier alpha value is -1.87. The Kier molecular flexibility index (Phi) is 3.22. The number of aromatic nitrogens is 1. The van der Waals surface area contributed by atoms with E-state index in [-0.39, 0.29) is 6.61 Å². The van der Waals surface area contributed by atoms with Gasteiger partial charge in [0.2, 0.25) is 0 Å². The summed E-state index contributed by atoms with van der Waals surface area (Å²) in [6.45, 7) is 4.62. The number of benzene rings is 1. The first kappa shape index (κ1) is 12.2. The van der Waals surface area contributed by atoms with E-state index in [1.54, 1.807) is 0 Å². The van der Waals surface area contributed by atoms with Gasteiger partial charge in [0.05, 0.1) is 12.3 Å². The number of fused-ring (bicyclic) bond motifs is 1. The molecular formula is C16H18N2O. The fraction of sp³-hybridized carbons (Fsp3) is 0.312. The maximum atomic E-state index is 9.39. The minimum Gasteiger partial charge on any atom is -0.390 e. The summed E-state index contributed by atoms with van der Waals surface area (Å²) in [6, 6.07) is 10.7. The molecule has 1 N–H and O–H groups in total. The molecule has 3 rings (SSSR count). The molecule has 1 fully saturated rings. The van der Waals surface area contributed by atoms with E-state index < -0.39 is 0 Å². The van der Waals surface area contributed by atoms with Gasteiger partial charge >= 0.3 is 0 Å². The lowest BCUT2D eigenvalue weighted by Gasteiger charge is -2.24. The largest absolute Gasteiger partial charge is 0.390 e. The molecule has 1 aliphatic carbocycles. The van der Waals surface area contributed by atoms with E-state index in [9.17, 15) is 5.11 Å². The van der Waals surface area contributed by atoms with Gasteiger partial charge in [-0.05, 0) is 24.3 Å². The van der Waals surface area contributed by atoms with Crippen LogP contribution in [0.2, 0.25) is 0 Å². The second-order valence-electron chi connectivity index (χ2n) is 4.99. The zero-order valence-electron chi connectivity index (χ0n) is 10.9. The number of aliphatic hydroxyl groups is 1. The summed E-state index contributed by atoms with van der Waals surface area (Å²) in [5.74, 6) is 0.976. The molecule has 1 aromatic heterocycles. The Morgan fingerprint density at radius 2 is 2.16 bits per heavy atom. The van der Waals surface area contributed by atoms with Gasteiger partial charge in [0.25, 0.3) is 0 Å². The van der Waals surface area contributed by atoms with Crippen LogP contribution in [0.5, 0.6) is 0 Å². The van der Waals surface area contributed by atoms with Gasteiger partial charge in [0, 0.05) is 18.0 Å². The third-order valence-electron chi connectivity index (χ3n) is 3.52. The molecule has 1 heterocycles. The number of nitrogens with zero attached hydrogens (tertiary/aromatic N) is 2. The SMILES string of the molecule is C=CCN(c1nc(CO)cc2ccccc12)C1CC1. The van der Waals surface area contributed by atoms with Gasteiger partial charge in [-0.3, -0.25) is 0 Å². The van der Waals surface area contributed by atoms with E-state index in [0.29, 0.717) is 6.04 Å². The molecule has 0 unspecified atom stereocenters. The predicted octanol–water partition coefficient (Wildman–Crippen LogP) is 2.88. The first-order valence-electron chi connectivity index (χ1n) is 6.70. The zero-order chi connectivity index (χ0) is 13.2. The van der Waals surface area contributed by atoms with Gasteiger partial charge in [-0.25, -0.2) is 4.98 Å². The molecule has 3 nitrogen and oxygen atoms in total. The maximum absolute atomic E-state index is 9.39. The molecule has 0 amide bonds. The minimum absolute atomic E-state index is 0.0234. The van der Waals surface area contributed by atoms with Crippen molar-refractivity contribution in [3.63, 3.8) is 0 Å². The first-order chi connectivity index (χ1) is 9.33.